The van der Waals surface area contributed by atoms with Gasteiger partial charge in [-0.1, -0.05) is 18.2 Å². The second-order valence-corrected chi connectivity index (χ2v) is 3.78. The Morgan fingerprint density at radius 2 is 1.94 bits per heavy atom. The van der Waals surface area contributed by atoms with Crippen LogP contribution in [-0.4, -0.2) is 7.11 Å². The van der Waals surface area contributed by atoms with Gasteiger partial charge in [-0.25, -0.2) is 4.39 Å². The third-order valence-corrected chi connectivity index (χ3v) is 2.56. The van der Waals surface area contributed by atoms with Gasteiger partial charge in [0.25, 0.3) is 0 Å². The van der Waals surface area contributed by atoms with E-state index in [0.717, 1.165) is 11.3 Å². The number of benzene rings is 2. The molecule has 18 heavy (non-hydrogen) atoms. The number of nitrogen functional groups attached to an aromatic ring is 1. The molecule has 0 aliphatic heterocycles. The van der Waals surface area contributed by atoms with Gasteiger partial charge in [-0.05, 0) is 18.2 Å². The molecule has 0 radical (unpaired) electrons. The summed E-state index contributed by atoms with van der Waals surface area (Å²) >= 11 is 0. The predicted molar refractivity (Wildman–Crippen MR) is 68.1 cm³/mol. The van der Waals surface area contributed by atoms with Crippen molar-refractivity contribution in [3.8, 4) is 11.5 Å². The topological polar surface area (TPSA) is 44.5 Å². The third-order valence-electron chi connectivity index (χ3n) is 2.56. The highest BCUT2D eigenvalue weighted by molar-refractivity contribution is 5.43. The van der Waals surface area contributed by atoms with Crippen molar-refractivity contribution in [2.75, 3.05) is 12.8 Å². The highest BCUT2D eigenvalue weighted by atomic mass is 19.1. The lowest BCUT2D eigenvalue weighted by Crippen LogP contribution is -1.99. The maximum Gasteiger partial charge on any atom is 0.149 e. The molecule has 0 fully saturated rings. The molecule has 0 unspecified atom stereocenters. The monoisotopic (exact) mass is 247 g/mol. The molecule has 0 saturated carbocycles. The van der Waals surface area contributed by atoms with E-state index in [9.17, 15) is 4.39 Å². The Hall–Kier alpha value is -2.23. The van der Waals surface area contributed by atoms with E-state index in [-0.39, 0.29) is 5.69 Å². The van der Waals surface area contributed by atoms with Gasteiger partial charge >= 0.3 is 0 Å². The average Bonchev–Trinajstić information content (AvgIpc) is 2.40. The van der Waals surface area contributed by atoms with Crippen LogP contribution in [0.4, 0.5) is 10.1 Å². The van der Waals surface area contributed by atoms with Crippen molar-refractivity contribution in [2.24, 2.45) is 0 Å². The molecule has 0 bridgehead atoms. The molecule has 2 aromatic carbocycles. The maximum absolute atomic E-state index is 13.2. The molecule has 4 heteroatoms. The quantitative estimate of drug-likeness (QED) is 0.845. The summed E-state index contributed by atoms with van der Waals surface area (Å²) in [6, 6.07) is 11.9. The predicted octanol–water partition coefficient (Wildman–Crippen LogP) is 3.00. The van der Waals surface area contributed by atoms with Gasteiger partial charge in [-0.15, -0.1) is 0 Å². The number of para-hydroxylation sites is 1. The number of halogens is 1. The molecule has 2 N–H and O–H groups in total. The first-order chi connectivity index (χ1) is 8.70. The molecule has 0 aliphatic carbocycles. The number of nitrogens with two attached hydrogens (primary N) is 1. The van der Waals surface area contributed by atoms with E-state index in [1.165, 1.54) is 12.1 Å². The lowest BCUT2D eigenvalue weighted by molar-refractivity contribution is 0.295. The Morgan fingerprint density at radius 1 is 1.17 bits per heavy atom. The summed E-state index contributed by atoms with van der Waals surface area (Å²) in [4.78, 5) is 0. The molecule has 0 aromatic heterocycles. The fraction of sp³-hybridized carbons (Fsp3) is 0.143. The zero-order chi connectivity index (χ0) is 13.0. The van der Waals surface area contributed by atoms with Gasteiger partial charge in [-0.3, -0.25) is 0 Å². The van der Waals surface area contributed by atoms with Crippen LogP contribution < -0.4 is 15.2 Å². The van der Waals surface area contributed by atoms with Gasteiger partial charge in [0.05, 0.1) is 12.8 Å². The Morgan fingerprint density at radius 3 is 2.67 bits per heavy atom. The van der Waals surface area contributed by atoms with Gasteiger partial charge in [0.2, 0.25) is 0 Å². The molecule has 0 amide bonds. The standard InChI is InChI=1S/C14H14FNO2/c1-17-14-5-3-2-4-10(14)9-18-11-6-7-13(16)12(15)8-11/h2-8H,9,16H2,1H3. The van der Waals surface area contributed by atoms with Crippen LogP contribution in [0.5, 0.6) is 11.5 Å². The minimum Gasteiger partial charge on any atom is -0.496 e. The molecule has 0 aliphatic rings. The van der Waals surface area contributed by atoms with E-state index in [1.807, 2.05) is 24.3 Å². The van der Waals surface area contributed by atoms with Crippen molar-refractivity contribution in [1.29, 1.82) is 0 Å². The van der Waals surface area contributed by atoms with E-state index in [2.05, 4.69) is 0 Å². The first-order valence-electron chi connectivity index (χ1n) is 5.50. The van der Waals surface area contributed by atoms with Gasteiger partial charge in [0.1, 0.15) is 23.9 Å². The number of hydrogen-bond donors (Lipinski definition) is 1. The lowest BCUT2D eigenvalue weighted by Gasteiger charge is -2.10. The van der Waals surface area contributed by atoms with Crippen molar-refractivity contribution >= 4 is 5.69 Å². The molecule has 2 rings (SSSR count). The minimum atomic E-state index is -0.479. The molecule has 0 spiro atoms. The van der Waals surface area contributed by atoms with Crippen molar-refractivity contribution in [3.63, 3.8) is 0 Å². The Balaban J connectivity index is 2.09. The van der Waals surface area contributed by atoms with E-state index < -0.39 is 5.82 Å². The molecule has 0 saturated heterocycles. The summed E-state index contributed by atoms with van der Waals surface area (Å²) in [6.07, 6.45) is 0. The van der Waals surface area contributed by atoms with E-state index in [0.29, 0.717) is 12.4 Å². The number of methoxy groups -OCH3 is 1. The number of hydrogen-bond acceptors (Lipinski definition) is 3. The molecular weight excluding hydrogens is 233 g/mol. The van der Waals surface area contributed by atoms with Gasteiger partial charge in [-0.2, -0.15) is 0 Å². The van der Waals surface area contributed by atoms with Crippen LogP contribution in [0.3, 0.4) is 0 Å². The van der Waals surface area contributed by atoms with Gasteiger partial charge in [0.15, 0.2) is 0 Å². The fourth-order valence-electron chi connectivity index (χ4n) is 1.58. The number of anilines is 1. The molecule has 94 valence electrons. The van der Waals surface area contributed by atoms with E-state index >= 15 is 0 Å². The molecule has 0 atom stereocenters. The number of rotatable bonds is 4. The highest BCUT2D eigenvalue weighted by Gasteiger charge is 2.04. The molecular formula is C14H14FNO2. The third kappa shape index (κ3) is 2.71. The summed E-state index contributed by atoms with van der Waals surface area (Å²) < 4.78 is 23.9. The van der Waals surface area contributed by atoms with E-state index in [1.54, 1.807) is 13.2 Å². The fourth-order valence-corrected chi connectivity index (χ4v) is 1.58. The second kappa shape index (κ2) is 5.40. The first kappa shape index (κ1) is 12.2. The van der Waals surface area contributed by atoms with Crippen LogP contribution >= 0.6 is 0 Å². The Kier molecular flexibility index (Phi) is 3.67. The van der Waals surface area contributed by atoms with E-state index in [4.69, 9.17) is 15.2 Å². The van der Waals surface area contributed by atoms with Crippen LogP contribution in [0.2, 0.25) is 0 Å². The van der Waals surface area contributed by atoms with Crippen LogP contribution in [0.1, 0.15) is 5.56 Å². The second-order valence-electron chi connectivity index (χ2n) is 3.78. The number of ether oxygens (including phenoxy) is 2. The summed E-state index contributed by atoms with van der Waals surface area (Å²) in [7, 11) is 1.60. The molecule has 3 nitrogen and oxygen atoms in total. The average molecular weight is 247 g/mol. The SMILES string of the molecule is COc1ccccc1COc1ccc(N)c(F)c1. The van der Waals surface area contributed by atoms with Crippen molar-refractivity contribution in [3.05, 3.63) is 53.8 Å². The normalized spacial score (nSPS) is 10.1. The zero-order valence-corrected chi connectivity index (χ0v) is 10.0. The van der Waals surface area contributed by atoms with Gasteiger partial charge in [0, 0.05) is 11.6 Å². The first-order valence-corrected chi connectivity index (χ1v) is 5.50. The smallest absolute Gasteiger partial charge is 0.149 e. The zero-order valence-electron chi connectivity index (χ0n) is 10.0. The van der Waals surface area contributed by atoms with Crippen LogP contribution in [0, 0.1) is 5.82 Å². The minimum absolute atomic E-state index is 0.111. The molecule has 2 aromatic rings. The van der Waals surface area contributed by atoms with Gasteiger partial charge < -0.3 is 15.2 Å². The van der Waals surface area contributed by atoms with Crippen molar-refractivity contribution < 1.29 is 13.9 Å². The largest absolute Gasteiger partial charge is 0.496 e. The van der Waals surface area contributed by atoms with Crippen molar-refractivity contribution in [2.45, 2.75) is 6.61 Å². The Labute approximate surface area is 105 Å². The lowest BCUT2D eigenvalue weighted by atomic mass is 10.2. The molecule has 0 heterocycles. The van der Waals surface area contributed by atoms with Crippen molar-refractivity contribution in [1.82, 2.24) is 0 Å². The summed E-state index contributed by atoms with van der Waals surface area (Å²) in [5, 5.41) is 0. The Bertz CT molecular complexity index is 543. The van der Waals surface area contributed by atoms with Crippen LogP contribution in [0.25, 0.3) is 0 Å². The summed E-state index contributed by atoms with van der Waals surface area (Å²) in [5.41, 5.74) is 6.40. The highest BCUT2D eigenvalue weighted by Crippen LogP contribution is 2.22. The summed E-state index contributed by atoms with van der Waals surface area (Å²) in [5.74, 6) is 0.702. The van der Waals surface area contributed by atoms with Crippen LogP contribution in [0.15, 0.2) is 42.5 Å². The van der Waals surface area contributed by atoms with Crippen LogP contribution in [-0.2, 0) is 6.61 Å². The summed E-state index contributed by atoms with van der Waals surface area (Å²) in [6.45, 7) is 0.313. The maximum atomic E-state index is 13.2.